The molecule has 112 valence electrons. The molecule has 2 atom stereocenters. The summed E-state index contributed by atoms with van der Waals surface area (Å²) >= 11 is 0. The molecule has 0 bridgehead atoms. The second kappa shape index (κ2) is 7.61. The van der Waals surface area contributed by atoms with Crippen molar-refractivity contribution in [1.82, 2.24) is 15.1 Å². The van der Waals surface area contributed by atoms with Gasteiger partial charge in [-0.25, -0.2) is 0 Å². The zero-order chi connectivity index (χ0) is 13.7. The summed E-state index contributed by atoms with van der Waals surface area (Å²) in [7, 11) is 0. The van der Waals surface area contributed by atoms with Crippen molar-refractivity contribution >= 4 is 0 Å². The van der Waals surface area contributed by atoms with Gasteiger partial charge in [0.1, 0.15) is 0 Å². The minimum absolute atomic E-state index is 0.714. The summed E-state index contributed by atoms with van der Waals surface area (Å²) in [4.78, 5) is 5.34. The molecule has 2 aliphatic rings. The van der Waals surface area contributed by atoms with Crippen molar-refractivity contribution in [3.63, 3.8) is 0 Å². The Morgan fingerprint density at radius 1 is 1.16 bits per heavy atom. The molecular weight excluding hydrogens is 234 g/mol. The Hall–Kier alpha value is -0.120. The Morgan fingerprint density at radius 2 is 2.00 bits per heavy atom. The maximum absolute atomic E-state index is 3.74. The molecule has 1 N–H and O–H groups in total. The maximum Gasteiger partial charge on any atom is 0.0197 e. The van der Waals surface area contributed by atoms with Crippen LogP contribution < -0.4 is 5.32 Å². The van der Waals surface area contributed by atoms with E-state index in [0.29, 0.717) is 6.04 Å². The minimum atomic E-state index is 0.714. The van der Waals surface area contributed by atoms with Crippen molar-refractivity contribution in [3.05, 3.63) is 0 Å². The first-order chi connectivity index (χ1) is 9.17. The van der Waals surface area contributed by atoms with E-state index < -0.39 is 0 Å². The Kier molecular flexibility index (Phi) is 6.11. The second-order valence-electron chi connectivity index (χ2n) is 6.94. The summed E-state index contributed by atoms with van der Waals surface area (Å²) in [6.07, 6.45) is 4.05. The van der Waals surface area contributed by atoms with Crippen molar-refractivity contribution in [1.29, 1.82) is 0 Å². The van der Waals surface area contributed by atoms with Gasteiger partial charge in [-0.05, 0) is 57.3 Å². The maximum atomic E-state index is 3.74. The van der Waals surface area contributed by atoms with E-state index in [0.717, 1.165) is 11.8 Å². The lowest BCUT2D eigenvalue weighted by molar-refractivity contribution is 0.216. The zero-order valence-electron chi connectivity index (χ0n) is 13.2. The highest BCUT2D eigenvalue weighted by Gasteiger charge is 2.25. The van der Waals surface area contributed by atoms with E-state index in [2.05, 4.69) is 35.9 Å². The monoisotopic (exact) mass is 267 g/mol. The molecule has 0 spiro atoms. The molecule has 2 heterocycles. The second-order valence-corrected chi connectivity index (χ2v) is 6.94. The van der Waals surface area contributed by atoms with E-state index in [1.807, 2.05) is 0 Å². The third kappa shape index (κ3) is 5.05. The summed E-state index contributed by atoms with van der Waals surface area (Å²) in [6, 6.07) is 0.714. The fraction of sp³-hybridized carbons (Fsp3) is 1.00. The highest BCUT2D eigenvalue weighted by atomic mass is 15.2. The molecule has 19 heavy (non-hydrogen) atoms. The van der Waals surface area contributed by atoms with Gasteiger partial charge in [-0.3, -0.25) is 0 Å². The number of rotatable bonds is 5. The highest BCUT2D eigenvalue weighted by Crippen LogP contribution is 2.18. The first kappa shape index (κ1) is 15.3. The van der Waals surface area contributed by atoms with Crippen LogP contribution in [0.15, 0.2) is 0 Å². The average molecular weight is 267 g/mol. The molecule has 2 aliphatic heterocycles. The van der Waals surface area contributed by atoms with Crippen LogP contribution in [-0.4, -0.2) is 61.7 Å². The lowest BCUT2D eigenvalue weighted by Gasteiger charge is -2.27. The quantitative estimate of drug-likeness (QED) is 0.822. The summed E-state index contributed by atoms with van der Waals surface area (Å²) in [5, 5.41) is 3.74. The van der Waals surface area contributed by atoms with Crippen LogP contribution in [0.4, 0.5) is 0 Å². The van der Waals surface area contributed by atoms with Gasteiger partial charge in [-0.1, -0.05) is 20.8 Å². The standard InChI is InChI=1S/C16H33N3/c1-4-18-9-6-15(11-18)12-19-8-5-7-17-16(13-19)10-14(2)3/h14-17H,4-13H2,1-3H3. The predicted octanol–water partition coefficient (Wildman–Crippen LogP) is 2.04. The van der Waals surface area contributed by atoms with Gasteiger partial charge in [0.2, 0.25) is 0 Å². The summed E-state index contributed by atoms with van der Waals surface area (Å²) < 4.78 is 0. The summed E-state index contributed by atoms with van der Waals surface area (Å²) in [6.45, 7) is 15.9. The topological polar surface area (TPSA) is 18.5 Å². The fourth-order valence-electron chi connectivity index (χ4n) is 3.68. The predicted molar refractivity (Wildman–Crippen MR) is 82.5 cm³/mol. The van der Waals surface area contributed by atoms with Crippen LogP contribution in [-0.2, 0) is 0 Å². The van der Waals surface area contributed by atoms with Crippen molar-refractivity contribution in [2.75, 3.05) is 45.8 Å². The van der Waals surface area contributed by atoms with Crippen LogP contribution in [0.2, 0.25) is 0 Å². The molecule has 0 amide bonds. The average Bonchev–Trinajstić information content (AvgIpc) is 2.70. The molecule has 2 fully saturated rings. The molecule has 3 heteroatoms. The number of likely N-dealkylation sites (tertiary alicyclic amines) is 1. The van der Waals surface area contributed by atoms with E-state index in [4.69, 9.17) is 0 Å². The molecule has 2 unspecified atom stereocenters. The largest absolute Gasteiger partial charge is 0.313 e. The summed E-state index contributed by atoms with van der Waals surface area (Å²) in [5.41, 5.74) is 0. The molecule has 0 aliphatic carbocycles. The van der Waals surface area contributed by atoms with Gasteiger partial charge in [0.05, 0.1) is 0 Å². The first-order valence-corrected chi connectivity index (χ1v) is 8.35. The van der Waals surface area contributed by atoms with Gasteiger partial charge < -0.3 is 15.1 Å². The Morgan fingerprint density at radius 3 is 2.68 bits per heavy atom. The Balaban J connectivity index is 1.78. The smallest absolute Gasteiger partial charge is 0.0197 e. The van der Waals surface area contributed by atoms with Crippen molar-refractivity contribution in [2.24, 2.45) is 11.8 Å². The number of hydrogen-bond donors (Lipinski definition) is 1. The van der Waals surface area contributed by atoms with E-state index in [1.165, 1.54) is 65.1 Å². The highest BCUT2D eigenvalue weighted by molar-refractivity contribution is 4.82. The van der Waals surface area contributed by atoms with Crippen LogP contribution in [0.25, 0.3) is 0 Å². The molecule has 3 nitrogen and oxygen atoms in total. The van der Waals surface area contributed by atoms with Crippen LogP contribution in [0, 0.1) is 11.8 Å². The van der Waals surface area contributed by atoms with E-state index in [9.17, 15) is 0 Å². The third-order valence-electron chi connectivity index (χ3n) is 4.65. The molecule has 0 saturated carbocycles. The van der Waals surface area contributed by atoms with Gasteiger partial charge >= 0.3 is 0 Å². The van der Waals surface area contributed by atoms with E-state index in [-0.39, 0.29) is 0 Å². The molecular formula is C16H33N3. The number of nitrogens with one attached hydrogen (secondary N) is 1. The molecule has 2 rings (SSSR count). The molecule has 0 aromatic heterocycles. The number of hydrogen-bond acceptors (Lipinski definition) is 3. The lowest BCUT2D eigenvalue weighted by atomic mass is 10.0. The van der Waals surface area contributed by atoms with Gasteiger partial charge in [0, 0.05) is 25.7 Å². The third-order valence-corrected chi connectivity index (χ3v) is 4.65. The Labute approximate surface area is 119 Å². The first-order valence-electron chi connectivity index (χ1n) is 8.35. The number of nitrogens with zero attached hydrogens (tertiary/aromatic N) is 2. The molecule has 0 radical (unpaired) electrons. The van der Waals surface area contributed by atoms with Crippen LogP contribution in [0.1, 0.15) is 40.0 Å². The van der Waals surface area contributed by atoms with Gasteiger partial charge in [0.15, 0.2) is 0 Å². The van der Waals surface area contributed by atoms with Crippen molar-refractivity contribution in [2.45, 2.75) is 46.1 Å². The lowest BCUT2D eigenvalue weighted by Crippen LogP contribution is -2.40. The zero-order valence-corrected chi connectivity index (χ0v) is 13.2. The van der Waals surface area contributed by atoms with Gasteiger partial charge in [-0.15, -0.1) is 0 Å². The summed E-state index contributed by atoms with van der Waals surface area (Å²) in [5.74, 6) is 1.72. The minimum Gasteiger partial charge on any atom is -0.313 e. The van der Waals surface area contributed by atoms with E-state index >= 15 is 0 Å². The van der Waals surface area contributed by atoms with Crippen LogP contribution >= 0.6 is 0 Å². The molecule has 0 aromatic carbocycles. The SMILES string of the molecule is CCN1CCC(CN2CCCNC(CC(C)C)C2)C1. The fourth-order valence-corrected chi connectivity index (χ4v) is 3.68. The van der Waals surface area contributed by atoms with E-state index in [1.54, 1.807) is 0 Å². The van der Waals surface area contributed by atoms with Crippen molar-refractivity contribution in [3.8, 4) is 0 Å². The van der Waals surface area contributed by atoms with Gasteiger partial charge in [-0.2, -0.15) is 0 Å². The Bertz CT molecular complexity index is 254. The normalized spacial score (nSPS) is 30.9. The van der Waals surface area contributed by atoms with Crippen LogP contribution in [0.3, 0.4) is 0 Å². The molecule has 2 saturated heterocycles. The molecule has 0 aromatic rings. The van der Waals surface area contributed by atoms with Gasteiger partial charge in [0.25, 0.3) is 0 Å². The van der Waals surface area contributed by atoms with Crippen LogP contribution in [0.5, 0.6) is 0 Å². The van der Waals surface area contributed by atoms with Crippen molar-refractivity contribution < 1.29 is 0 Å².